The molecular weight excluding hydrogens is 198 g/mol. The van der Waals surface area contributed by atoms with Crippen molar-refractivity contribution < 1.29 is 5.11 Å². The molecule has 0 unspecified atom stereocenters. The molecule has 1 atom stereocenters. The van der Waals surface area contributed by atoms with Gasteiger partial charge >= 0.3 is 0 Å². The minimum Gasteiger partial charge on any atom is -0.388 e. The molecule has 1 aromatic carbocycles. The molecular formula is C14H21NO. The summed E-state index contributed by atoms with van der Waals surface area (Å²) >= 11 is 0. The molecule has 1 aliphatic carbocycles. The van der Waals surface area contributed by atoms with Crippen molar-refractivity contribution >= 4 is 5.69 Å². The van der Waals surface area contributed by atoms with Crippen molar-refractivity contribution in [1.29, 1.82) is 0 Å². The van der Waals surface area contributed by atoms with Gasteiger partial charge in [0, 0.05) is 18.3 Å². The van der Waals surface area contributed by atoms with E-state index in [4.69, 9.17) is 0 Å². The third kappa shape index (κ3) is 2.38. The predicted octanol–water partition coefficient (Wildman–Crippen LogP) is 3.12. The van der Waals surface area contributed by atoms with Crippen molar-refractivity contribution in [2.45, 2.75) is 45.3 Å². The van der Waals surface area contributed by atoms with Crippen LogP contribution in [0.1, 0.15) is 44.8 Å². The molecule has 0 aliphatic heterocycles. The molecule has 1 saturated carbocycles. The minimum atomic E-state index is -0.315. The van der Waals surface area contributed by atoms with E-state index in [-0.39, 0.29) is 6.10 Å². The quantitative estimate of drug-likeness (QED) is 0.822. The fraction of sp³-hybridized carbons (Fsp3) is 0.571. The van der Waals surface area contributed by atoms with Gasteiger partial charge in [0.05, 0.1) is 6.10 Å². The number of hydrogen-bond donors (Lipinski definition) is 1. The van der Waals surface area contributed by atoms with Crippen molar-refractivity contribution in [3.8, 4) is 0 Å². The number of rotatable bonds is 5. The van der Waals surface area contributed by atoms with Crippen LogP contribution in [0.4, 0.5) is 5.69 Å². The summed E-state index contributed by atoms with van der Waals surface area (Å²) in [4.78, 5) is 2.45. The van der Waals surface area contributed by atoms with Crippen molar-refractivity contribution in [3.05, 3.63) is 29.8 Å². The van der Waals surface area contributed by atoms with Crippen molar-refractivity contribution in [2.75, 3.05) is 11.4 Å². The maximum Gasteiger partial charge on any atom is 0.0787 e. The molecule has 0 saturated heterocycles. The number of aliphatic hydroxyl groups excluding tert-OH is 1. The third-order valence-electron chi connectivity index (χ3n) is 3.32. The Bertz CT molecular complexity index is 329. The van der Waals surface area contributed by atoms with Gasteiger partial charge < -0.3 is 10.0 Å². The zero-order chi connectivity index (χ0) is 11.5. The van der Waals surface area contributed by atoms with E-state index in [2.05, 4.69) is 36.1 Å². The molecule has 2 heteroatoms. The van der Waals surface area contributed by atoms with Crippen LogP contribution < -0.4 is 4.90 Å². The first kappa shape index (κ1) is 11.5. The maximum atomic E-state index is 9.72. The molecule has 1 aromatic rings. The Kier molecular flexibility index (Phi) is 3.49. The topological polar surface area (TPSA) is 23.5 Å². The molecule has 0 aromatic heterocycles. The molecule has 16 heavy (non-hydrogen) atoms. The Hall–Kier alpha value is -1.02. The van der Waals surface area contributed by atoms with E-state index in [1.54, 1.807) is 0 Å². The maximum absolute atomic E-state index is 9.72. The van der Waals surface area contributed by atoms with Crippen LogP contribution in [-0.4, -0.2) is 17.7 Å². The van der Waals surface area contributed by atoms with Crippen LogP contribution in [0.2, 0.25) is 0 Å². The predicted molar refractivity (Wildman–Crippen MR) is 67.7 cm³/mol. The van der Waals surface area contributed by atoms with Crippen LogP contribution in [0.25, 0.3) is 0 Å². The van der Waals surface area contributed by atoms with E-state index < -0.39 is 0 Å². The zero-order valence-corrected chi connectivity index (χ0v) is 10.2. The Labute approximate surface area is 97.9 Å². The number of aliphatic hydroxyl groups is 1. The van der Waals surface area contributed by atoms with Gasteiger partial charge in [-0.1, -0.05) is 19.1 Å². The van der Waals surface area contributed by atoms with Gasteiger partial charge in [-0.2, -0.15) is 0 Å². The standard InChI is InChI=1S/C14H21NO/c1-3-14(16)11-5-7-12(8-6-11)15(4-2)13-9-10-13/h5-8,13-14,16H,3-4,9-10H2,1-2H3/t14-/m1/s1. The average molecular weight is 219 g/mol. The Balaban J connectivity index is 2.11. The zero-order valence-electron chi connectivity index (χ0n) is 10.2. The monoisotopic (exact) mass is 219 g/mol. The normalized spacial score (nSPS) is 17.2. The first-order chi connectivity index (χ1) is 7.76. The summed E-state index contributed by atoms with van der Waals surface area (Å²) in [7, 11) is 0. The van der Waals surface area contributed by atoms with E-state index in [1.165, 1.54) is 18.5 Å². The van der Waals surface area contributed by atoms with Crippen LogP contribution in [0.3, 0.4) is 0 Å². The second-order valence-electron chi connectivity index (χ2n) is 4.53. The van der Waals surface area contributed by atoms with Gasteiger partial charge in [0.25, 0.3) is 0 Å². The molecule has 2 nitrogen and oxygen atoms in total. The van der Waals surface area contributed by atoms with Crippen LogP contribution >= 0.6 is 0 Å². The third-order valence-corrected chi connectivity index (χ3v) is 3.32. The van der Waals surface area contributed by atoms with Gasteiger partial charge in [-0.15, -0.1) is 0 Å². The van der Waals surface area contributed by atoms with Crippen LogP contribution in [0, 0.1) is 0 Å². The highest BCUT2D eigenvalue weighted by Gasteiger charge is 2.27. The first-order valence-electron chi connectivity index (χ1n) is 6.31. The molecule has 0 amide bonds. The van der Waals surface area contributed by atoms with Gasteiger partial charge in [0.15, 0.2) is 0 Å². The van der Waals surface area contributed by atoms with Crippen molar-refractivity contribution in [3.63, 3.8) is 0 Å². The molecule has 2 rings (SSSR count). The summed E-state index contributed by atoms with van der Waals surface area (Å²) < 4.78 is 0. The molecule has 1 N–H and O–H groups in total. The van der Waals surface area contributed by atoms with Crippen LogP contribution in [0.5, 0.6) is 0 Å². The molecule has 88 valence electrons. The van der Waals surface area contributed by atoms with Crippen molar-refractivity contribution in [1.82, 2.24) is 0 Å². The van der Waals surface area contributed by atoms with Gasteiger partial charge in [0.1, 0.15) is 0 Å². The van der Waals surface area contributed by atoms with Gasteiger partial charge in [-0.05, 0) is 43.9 Å². The number of hydrogen-bond acceptors (Lipinski definition) is 2. The average Bonchev–Trinajstić information content (AvgIpc) is 3.14. The molecule has 0 bridgehead atoms. The molecule has 0 heterocycles. The summed E-state index contributed by atoms with van der Waals surface area (Å²) in [5, 5.41) is 9.72. The fourth-order valence-corrected chi connectivity index (χ4v) is 2.16. The Morgan fingerprint density at radius 1 is 1.25 bits per heavy atom. The summed E-state index contributed by atoms with van der Waals surface area (Å²) in [6.45, 7) is 5.27. The summed E-state index contributed by atoms with van der Waals surface area (Å²) in [5.74, 6) is 0. The van der Waals surface area contributed by atoms with Gasteiger partial charge in [-0.25, -0.2) is 0 Å². The highest BCUT2D eigenvalue weighted by atomic mass is 16.3. The molecule has 0 radical (unpaired) electrons. The Morgan fingerprint density at radius 3 is 2.31 bits per heavy atom. The first-order valence-corrected chi connectivity index (χ1v) is 6.31. The highest BCUT2D eigenvalue weighted by Crippen LogP contribution is 2.32. The van der Waals surface area contributed by atoms with Gasteiger partial charge in [0.2, 0.25) is 0 Å². The number of nitrogens with zero attached hydrogens (tertiary/aromatic N) is 1. The molecule has 1 aliphatic rings. The Morgan fingerprint density at radius 2 is 1.88 bits per heavy atom. The van der Waals surface area contributed by atoms with Gasteiger partial charge in [-0.3, -0.25) is 0 Å². The second-order valence-corrected chi connectivity index (χ2v) is 4.53. The number of benzene rings is 1. The van der Waals surface area contributed by atoms with E-state index >= 15 is 0 Å². The lowest BCUT2D eigenvalue weighted by molar-refractivity contribution is 0.173. The SMILES string of the molecule is CC[C@@H](O)c1ccc(N(CC)C2CC2)cc1. The van der Waals surface area contributed by atoms with Crippen molar-refractivity contribution in [2.24, 2.45) is 0 Å². The summed E-state index contributed by atoms with van der Waals surface area (Å²) in [6, 6.07) is 9.13. The lowest BCUT2D eigenvalue weighted by Crippen LogP contribution is -2.24. The smallest absolute Gasteiger partial charge is 0.0787 e. The van der Waals surface area contributed by atoms with E-state index in [9.17, 15) is 5.11 Å². The largest absolute Gasteiger partial charge is 0.388 e. The summed E-state index contributed by atoms with van der Waals surface area (Å²) in [6.07, 6.45) is 3.12. The van der Waals surface area contributed by atoms with Crippen LogP contribution in [-0.2, 0) is 0 Å². The van der Waals surface area contributed by atoms with Crippen LogP contribution in [0.15, 0.2) is 24.3 Å². The van der Waals surface area contributed by atoms with E-state index in [0.717, 1.165) is 24.6 Å². The second kappa shape index (κ2) is 4.88. The highest BCUT2D eigenvalue weighted by molar-refractivity contribution is 5.49. The molecule has 0 spiro atoms. The molecule has 1 fully saturated rings. The fourth-order valence-electron chi connectivity index (χ4n) is 2.16. The lowest BCUT2D eigenvalue weighted by atomic mass is 10.1. The van der Waals surface area contributed by atoms with E-state index in [1.807, 2.05) is 6.92 Å². The van der Waals surface area contributed by atoms with E-state index in [0.29, 0.717) is 0 Å². The minimum absolute atomic E-state index is 0.315. The lowest BCUT2D eigenvalue weighted by Gasteiger charge is -2.23. The number of anilines is 1. The summed E-state index contributed by atoms with van der Waals surface area (Å²) in [5.41, 5.74) is 2.31.